The van der Waals surface area contributed by atoms with Crippen molar-refractivity contribution in [3.63, 3.8) is 0 Å². The number of carbonyl (C=O) groups is 3. The van der Waals surface area contributed by atoms with Gasteiger partial charge in [-0.05, 0) is 48.7 Å². The van der Waals surface area contributed by atoms with E-state index in [9.17, 15) is 14.4 Å². The van der Waals surface area contributed by atoms with Crippen LogP contribution < -0.4 is 15.5 Å². The minimum atomic E-state index is -0.127. The number of morpholine rings is 1. The molecule has 198 valence electrons. The van der Waals surface area contributed by atoms with E-state index in [1.165, 1.54) is 0 Å². The van der Waals surface area contributed by atoms with Gasteiger partial charge in [-0.3, -0.25) is 9.59 Å². The molecular weight excluding hydrogens is 470 g/mol. The molecular formula is C28H37N5O4. The van der Waals surface area contributed by atoms with Crippen molar-refractivity contribution in [3.05, 3.63) is 53.6 Å². The molecule has 9 nitrogen and oxygen atoms in total. The first-order valence-electron chi connectivity index (χ1n) is 13.0. The minimum Gasteiger partial charge on any atom is -0.378 e. The summed E-state index contributed by atoms with van der Waals surface area (Å²) in [4.78, 5) is 44.5. The quantitative estimate of drug-likeness (QED) is 0.620. The van der Waals surface area contributed by atoms with Gasteiger partial charge in [-0.15, -0.1) is 0 Å². The number of ether oxygens (including phenoxy) is 1. The molecule has 2 fully saturated rings. The smallest absolute Gasteiger partial charge is 0.321 e. The van der Waals surface area contributed by atoms with Crippen molar-refractivity contribution in [2.24, 2.45) is 5.92 Å². The van der Waals surface area contributed by atoms with Gasteiger partial charge >= 0.3 is 6.03 Å². The number of nitrogens with zero attached hydrogens (tertiary/aromatic N) is 3. The molecule has 2 aromatic carbocycles. The van der Waals surface area contributed by atoms with Crippen LogP contribution in [-0.2, 0) is 9.53 Å². The Kier molecular flexibility index (Phi) is 8.66. The van der Waals surface area contributed by atoms with Crippen LogP contribution in [0, 0.1) is 12.8 Å². The summed E-state index contributed by atoms with van der Waals surface area (Å²) in [5, 5.41) is 5.91. The molecule has 2 aliphatic heterocycles. The van der Waals surface area contributed by atoms with Crippen LogP contribution >= 0.6 is 0 Å². The van der Waals surface area contributed by atoms with E-state index >= 15 is 0 Å². The Morgan fingerprint density at radius 2 is 1.57 bits per heavy atom. The number of benzene rings is 2. The molecule has 0 radical (unpaired) electrons. The SMILES string of the molecule is Cc1cccc(NC(=O)N2CCN(c3ccc(NC(=O)CC(C)C)cc3C(=O)N3CCOCC3)CC2)c1. The zero-order chi connectivity index (χ0) is 26.4. The van der Waals surface area contributed by atoms with Crippen LogP contribution in [0.4, 0.5) is 21.9 Å². The van der Waals surface area contributed by atoms with Crippen LogP contribution in [0.5, 0.6) is 0 Å². The second-order valence-electron chi connectivity index (χ2n) is 10.1. The second kappa shape index (κ2) is 12.1. The number of aryl methyl sites for hydroxylation is 1. The molecule has 2 N–H and O–H groups in total. The average Bonchev–Trinajstić information content (AvgIpc) is 2.88. The topological polar surface area (TPSA) is 94.2 Å². The van der Waals surface area contributed by atoms with Crippen molar-refractivity contribution in [1.29, 1.82) is 0 Å². The summed E-state index contributed by atoms with van der Waals surface area (Å²) in [5.74, 6) is 0.103. The monoisotopic (exact) mass is 507 g/mol. The first kappa shape index (κ1) is 26.5. The lowest BCUT2D eigenvalue weighted by Gasteiger charge is -2.37. The molecule has 0 aromatic heterocycles. The number of hydrogen-bond donors (Lipinski definition) is 2. The molecule has 0 unspecified atom stereocenters. The van der Waals surface area contributed by atoms with Crippen molar-refractivity contribution in [2.45, 2.75) is 27.2 Å². The number of carbonyl (C=O) groups excluding carboxylic acids is 3. The van der Waals surface area contributed by atoms with E-state index in [2.05, 4.69) is 15.5 Å². The standard InChI is InChI=1S/C28H37N5O4/c1-20(2)17-26(34)29-23-7-8-25(24(19-23)27(35)32-13-15-37-16-14-32)31-9-11-33(12-10-31)28(36)30-22-6-4-5-21(3)18-22/h4-8,18-20H,9-17H2,1-3H3,(H,29,34)(H,30,36). The third-order valence-electron chi connectivity index (χ3n) is 6.58. The van der Waals surface area contributed by atoms with Gasteiger partial charge in [0.25, 0.3) is 5.91 Å². The Bertz CT molecular complexity index is 1120. The summed E-state index contributed by atoms with van der Waals surface area (Å²) in [5.41, 5.74) is 3.85. The molecule has 0 spiro atoms. The number of urea groups is 1. The van der Waals surface area contributed by atoms with E-state index in [1.807, 2.05) is 57.2 Å². The maximum absolute atomic E-state index is 13.5. The highest BCUT2D eigenvalue weighted by molar-refractivity contribution is 6.02. The van der Waals surface area contributed by atoms with Crippen LogP contribution in [-0.4, -0.2) is 80.1 Å². The fourth-order valence-corrected chi connectivity index (χ4v) is 4.66. The molecule has 2 aliphatic rings. The summed E-state index contributed by atoms with van der Waals surface area (Å²) >= 11 is 0. The van der Waals surface area contributed by atoms with Gasteiger partial charge < -0.3 is 30.1 Å². The number of amides is 4. The number of piperazine rings is 1. The lowest BCUT2D eigenvalue weighted by atomic mass is 10.1. The largest absolute Gasteiger partial charge is 0.378 e. The Morgan fingerprint density at radius 1 is 0.865 bits per heavy atom. The molecule has 0 aliphatic carbocycles. The predicted molar refractivity (Wildman–Crippen MR) is 145 cm³/mol. The highest BCUT2D eigenvalue weighted by atomic mass is 16.5. The van der Waals surface area contributed by atoms with Gasteiger partial charge in [0.05, 0.1) is 18.8 Å². The van der Waals surface area contributed by atoms with Gasteiger partial charge in [0.2, 0.25) is 5.91 Å². The highest BCUT2D eigenvalue weighted by Gasteiger charge is 2.27. The van der Waals surface area contributed by atoms with Crippen LogP contribution in [0.25, 0.3) is 0 Å². The minimum absolute atomic E-state index is 0.0687. The van der Waals surface area contributed by atoms with Crippen LogP contribution in [0.15, 0.2) is 42.5 Å². The van der Waals surface area contributed by atoms with Crippen LogP contribution in [0.2, 0.25) is 0 Å². The van der Waals surface area contributed by atoms with Gasteiger partial charge in [0.15, 0.2) is 0 Å². The lowest BCUT2D eigenvalue weighted by molar-refractivity contribution is -0.116. The van der Waals surface area contributed by atoms with Crippen LogP contribution in [0.1, 0.15) is 36.2 Å². The molecule has 0 atom stereocenters. The van der Waals surface area contributed by atoms with E-state index in [4.69, 9.17) is 4.74 Å². The third kappa shape index (κ3) is 7.01. The van der Waals surface area contributed by atoms with Gasteiger partial charge in [0.1, 0.15) is 0 Å². The molecule has 2 aromatic rings. The Hall–Kier alpha value is -3.59. The third-order valence-corrected chi connectivity index (χ3v) is 6.58. The summed E-state index contributed by atoms with van der Waals surface area (Å²) in [6, 6.07) is 13.1. The second-order valence-corrected chi connectivity index (χ2v) is 10.1. The van der Waals surface area contributed by atoms with Gasteiger partial charge in [0, 0.05) is 62.8 Å². The maximum Gasteiger partial charge on any atom is 0.321 e. The first-order valence-corrected chi connectivity index (χ1v) is 13.0. The highest BCUT2D eigenvalue weighted by Crippen LogP contribution is 2.28. The molecule has 0 saturated carbocycles. The van der Waals surface area contributed by atoms with Crippen molar-refractivity contribution in [1.82, 2.24) is 9.80 Å². The number of anilines is 3. The van der Waals surface area contributed by atoms with Crippen molar-refractivity contribution in [2.75, 3.05) is 68.0 Å². The van der Waals surface area contributed by atoms with E-state index in [-0.39, 0.29) is 23.8 Å². The van der Waals surface area contributed by atoms with E-state index < -0.39 is 0 Å². The molecule has 4 rings (SSSR count). The van der Waals surface area contributed by atoms with Gasteiger partial charge in [-0.2, -0.15) is 0 Å². The van der Waals surface area contributed by atoms with Crippen molar-refractivity contribution in [3.8, 4) is 0 Å². The van der Waals surface area contributed by atoms with E-state index in [0.29, 0.717) is 70.2 Å². The molecule has 0 bridgehead atoms. The van der Waals surface area contributed by atoms with E-state index in [1.54, 1.807) is 15.9 Å². The molecule has 37 heavy (non-hydrogen) atoms. The van der Waals surface area contributed by atoms with Crippen LogP contribution in [0.3, 0.4) is 0 Å². The molecule has 2 heterocycles. The zero-order valence-electron chi connectivity index (χ0n) is 22.0. The summed E-state index contributed by atoms with van der Waals surface area (Å²) in [6.07, 6.45) is 0.418. The van der Waals surface area contributed by atoms with E-state index in [0.717, 1.165) is 16.9 Å². The normalized spacial score (nSPS) is 16.1. The molecule has 9 heteroatoms. The van der Waals surface area contributed by atoms with Crippen molar-refractivity contribution < 1.29 is 19.1 Å². The first-order chi connectivity index (χ1) is 17.8. The fraction of sp³-hybridized carbons (Fsp3) is 0.464. The Balaban J connectivity index is 1.48. The van der Waals surface area contributed by atoms with Gasteiger partial charge in [-0.25, -0.2) is 4.79 Å². The fourth-order valence-electron chi connectivity index (χ4n) is 4.66. The number of hydrogen-bond acceptors (Lipinski definition) is 5. The zero-order valence-corrected chi connectivity index (χ0v) is 22.0. The summed E-state index contributed by atoms with van der Waals surface area (Å²) < 4.78 is 5.42. The Morgan fingerprint density at radius 3 is 2.24 bits per heavy atom. The predicted octanol–water partition coefficient (Wildman–Crippen LogP) is 3.81. The molecule has 2 saturated heterocycles. The molecule has 4 amide bonds. The number of rotatable bonds is 6. The Labute approximate surface area is 218 Å². The summed E-state index contributed by atoms with van der Waals surface area (Å²) in [6.45, 7) is 10.4. The lowest BCUT2D eigenvalue weighted by Crippen LogP contribution is -2.50. The van der Waals surface area contributed by atoms with Crippen molar-refractivity contribution >= 4 is 34.9 Å². The maximum atomic E-state index is 13.5. The number of nitrogens with one attached hydrogen (secondary N) is 2. The average molecular weight is 508 g/mol. The summed E-state index contributed by atoms with van der Waals surface area (Å²) in [7, 11) is 0. The van der Waals surface area contributed by atoms with Gasteiger partial charge in [-0.1, -0.05) is 26.0 Å².